The number of hydrogen-bond acceptors (Lipinski definition) is 5. The van der Waals surface area contributed by atoms with E-state index in [4.69, 9.17) is 5.73 Å². The van der Waals surface area contributed by atoms with Gasteiger partial charge < -0.3 is 16.0 Å². The lowest BCUT2D eigenvalue weighted by Gasteiger charge is -2.41. The number of nitriles is 1. The van der Waals surface area contributed by atoms with Crippen LogP contribution in [0.2, 0.25) is 0 Å². The van der Waals surface area contributed by atoms with Crippen LogP contribution in [0.3, 0.4) is 0 Å². The van der Waals surface area contributed by atoms with Crippen molar-refractivity contribution in [2.45, 2.75) is 31.7 Å². The standard InChI is InChI=1S/C24H25FN6O/c1-17-2-8-20(9-3-17)30-14-11-24(10-13-26,12-15-30)31-16-21(22(27)32)23(29-31)28-19-6-4-18(25)5-7-19/h2-9,16H,10-12,14-15H2,1H3,(H2,27,32)(H,28,29). The highest BCUT2D eigenvalue weighted by Gasteiger charge is 2.38. The molecule has 8 heteroatoms. The molecule has 3 aromatic rings. The van der Waals surface area contributed by atoms with Crippen LogP contribution in [0.4, 0.5) is 21.6 Å². The lowest BCUT2D eigenvalue weighted by Crippen LogP contribution is -2.46. The summed E-state index contributed by atoms with van der Waals surface area (Å²) in [7, 11) is 0. The summed E-state index contributed by atoms with van der Waals surface area (Å²) in [5.41, 5.74) is 8.23. The Balaban J connectivity index is 1.61. The van der Waals surface area contributed by atoms with Crippen LogP contribution in [-0.2, 0) is 5.54 Å². The van der Waals surface area contributed by atoms with E-state index in [0.717, 1.165) is 18.8 Å². The number of benzene rings is 2. The topological polar surface area (TPSA) is 100.0 Å². The molecular weight excluding hydrogens is 407 g/mol. The molecule has 2 aromatic carbocycles. The van der Waals surface area contributed by atoms with Crippen LogP contribution >= 0.6 is 0 Å². The van der Waals surface area contributed by atoms with Gasteiger partial charge in [0.25, 0.3) is 5.91 Å². The Labute approximate surface area is 186 Å². The molecule has 0 atom stereocenters. The molecule has 0 aliphatic carbocycles. The summed E-state index contributed by atoms with van der Waals surface area (Å²) < 4.78 is 14.9. The minimum atomic E-state index is -0.620. The number of aryl methyl sites for hydroxylation is 1. The number of aromatic nitrogens is 2. The van der Waals surface area contributed by atoms with Gasteiger partial charge in [0, 0.05) is 30.7 Å². The van der Waals surface area contributed by atoms with Crippen molar-refractivity contribution >= 4 is 23.1 Å². The molecule has 1 saturated heterocycles. The second kappa shape index (κ2) is 8.71. The second-order valence-corrected chi connectivity index (χ2v) is 8.21. The Bertz CT molecular complexity index is 1140. The van der Waals surface area contributed by atoms with Gasteiger partial charge in [-0.1, -0.05) is 17.7 Å². The molecule has 164 valence electrons. The Morgan fingerprint density at radius 1 is 1.19 bits per heavy atom. The number of nitrogens with one attached hydrogen (secondary N) is 1. The molecule has 0 unspecified atom stereocenters. The quantitative estimate of drug-likeness (QED) is 0.611. The molecule has 32 heavy (non-hydrogen) atoms. The zero-order chi connectivity index (χ0) is 22.7. The van der Waals surface area contributed by atoms with Gasteiger partial charge in [0.2, 0.25) is 0 Å². The van der Waals surface area contributed by atoms with Gasteiger partial charge in [0.1, 0.15) is 11.4 Å². The molecule has 2 heterocycles. The number of nitrogens with two attached hydrogens (primary N) is 1. The minimum absolute atomic E-state index is 0.229. The van der Waals surface area contributed by atoms with Gasteiger partial charge >= 0.3 is 0 Å². The maximum absolute atomic E-state index is 13.2. The summed E-state index contributed by atoms with van der Waals surface area (Å²) in [5, 5.41) is 17.2. The molecule has 1 amide bonds. The number of carbonyl (C=O) groups is 1. The normalized spacial score (nSPS) is 15.2. The Kier molecular flexibility index (Phi) is 5.82. The fourth-order valence-electron chi connectivity index (χ4n) is 4.13. The average Bonchev–Trinajstić information content (AvgIpc) is 3.22. The van der Waals surface area contributed by atoms with E-state index in [1.807, 2.05) is 0 Å². The first-order valence-corrected chi connectivity index (χ1v) is 10.5. The van der Waals surface area contributed by atoms with Crippen molar-refractivity contribution in [3.63, 3.8) is 0 Å². The first-order valence-electron chi connectivity index (χ1n) is 10.5. The van der Waals surface area contributed by atoms with Crippen molar-refractivity contribution in [2.24, 2.45) is 5.73 Å². The van der Waals surface area contributed by atoms with E-state index in [1.165, 1.54) is 17.7 Å². The molecular formula is C24H25FN6O. The third kappa shape index (κ3) is 4.28. The van der Waals surface area contributed by atoms with Crippen molar-refractivity contribution in [2.75, 3.05) is 23.3 Å². The van der Waals surface area contributed by atoms with Crippen molar-refractivity contribution in [3.05, 3.63) is 71.7 Å². The highest BCUT2D eigenvalue weighted by Crippen LogP contribution is 2.36. The molecule has 0 spiro atoms. The summed E-state index contributed by atoms with van der Waals surface area (Å²) in [5.74, 6) is -0.683. The van der Waals surface area contributed by atoms with Gasteiger partial charge in [0.15, 0.2) is 5.82 Å². The monoisotopic (exact) mass is 432 g/mol. The first kappa shape index (κ1) is 21.4. The molecule has 0 saturated carbocycles. The van der Waals surface area contributed by atoms with E-state index in [1.54, 1.807) is 23.0 Å². The number of carbonyl (C=O) groups excluding carboxylic acids is 1. The van der Waals surface area contributed by atoms with Gasteiger partial charge in [-0.3, -0.25) is 9.48 Å². The molecule has 4 rings (SSSR count). The molecule has 1 fully saturated rings. The van der Waals surface area contributed by atoms with E-state index in [-0.39, 0.29) is 17.8 Å². The second-order valence-electron chi connectivity index (χ2n) is 8.21. The van der Waals surface area contributed by atoms with Crippen molar-refractivity contribution in [1.82, 2.24) is 9.78 Å². The van der Waals surface area contributed by atoms with Gasteiger partial charge in [-0.2, -0.15) is 10.4 Å². The van der Waals surface area contributed by atoms with E-state index >= 15 is 0 Å². The van der Waals surface area contributed by atoms with Crippen LogP contribution in [0.1, 0.15) is 35.2 Å². The summed E-state index contributed by atoms with van der Waals surface area (Å²) in [4.78, 5) is 14.4. The van der Waals surface area contributed by atoms with E-state index in [2.05, 4.69) is 52.6 Å². The van der Waals surface area contributed by atoms with Crippen LogP contribution in [0.25, 0.3) is 0 Å². The van der Waals surface area contributed by atoms with Gasteiger partial charge in [-0.25, -0.2) is 4.39 Å². The van der Waals surface area contributed by atoms with Gasteiger partial charge in [-0.05, 0) is 56.2 Å². The van der Waals surface area contributed by atoms with Crippen molar-refractivity contribution in [3.8, 4) is 6.07 Å². The van der Waals surface area contributed by atoms with Crippen molar-refractivity contribution < 1.29 is 9.18 Å². The highest BCUT2D eigenvalue weighted by molar-refractivity contribution is 5.98. The predicted octanol–water partition coefficient (Wildman–Crippen LogP) is 4.08. The summed E-state index contributed by atoms with van der Waals surface area (Å²) in [6, 6.07) is 16.5. The number of hydrogen-bond donors (Lipinski definition) is 2. The Morgan fingerprint density at radius 2 is 1.84 bits per heavy atom. The number of piperidine rings is 1. The fourth-order valence-corrected chi connectivity index (χ4v) is 4.13. The maximum atomic E-state index is 13.2. The number of halogens is 1. The summed E-state index contributed by atoms with van der Waals surface area (Å²) in [6.07, 6.45) is 3.28. The van der Waals surface area contributed by atoms with Crippen LogP contribution < -0.4 is 16.0 Å². The predicted molar refractivity (Wildman–Crippen MR) is 121 cm³/mol. The molecule has 1 aliphatic heterocycles. The van der Waals surface area contributed by atoms with Crippen LogP contribution in [-0.4, -0.2) is 28.8 Å². The number of amides is 1. The third-order valence-corrected chi connectivity index (χ3v) is 6.07. The molecule has 3 N–H and O–H groups in total. The molecule has 7 nitrogen and oxygen atoms in total. The number of nitrogens with zero attached hydrogens (tertiary/aromatic N) is 4. The zero-order valence-electron chi connectivity index (χ0n) is 17.9. The number of rotatable bonds is 6. The van der Waals surface area contributed by atoms with Crippen LogP contribution in [0.15, 0.2) is 54.7 Å². The lowest BCUT2D eigenvalue weighted by molar-refractivity contribution is 0.100. The van der Waals surface area contributed by atoms with Crippen molar-refractivity contribution in [1.29, 1.82) is 5.26 Å². The molecule has 1 aromatic heterocycles. The largest absolute Gasteiger partial charge is 0.371 e. The van der Waals surface area contributed by atoms with E-state index < -0.39 is 11.4 Å². The molecule has 0 bridgehead atoms. The van der Waals surface area contributed by atoms with Gasteiger partial charge in [-0.15, -0.1) is 0 Å². The Hall–Kier alpha value is -3.86. The average molecular weight is 433 g/mol. The lowest BCUT2D eigenvalue weighted by atomic mass is 9.84. The SMILES string of the molecule is Cc1ccc(N2CCC(CC#N)(n3cc(C(N)=O)c(Nc4ccc(F)cc4)n3)CC2)cc1. The van der Waals surface area contributed by atoms with E-state index in [9.17, 15) is 14.4 Å². The van der Waals surface area contributed by atoms with Crippen LogP contribution in [0.5, 0.6) is 0 Å². The van der Waals surface area contributed by atoms with E-state index in [0.29, 0.717) is 24.3 Å². The number of primary amides is 1. The zero-order valence-corrected chi connectivity index (χ0v) is 17.9. The number of anilines is 3. The Morgan fingerprint density at radius 3 is 2.44 bits per heavy atom. The maximum Gasteiger partial charge on any atom is 0.254 e. The highest BCUT2D eigenvalue weighted by atomic mass is 19.1. The molecule has 1 aliphatic rings. The smallest absolute Gasteiger partial charge is 0.254 e. The summed E-state index contributed by atoms with van der Waals surface area (Å²) >= 11 is 0. The van der Waals surface area contributed by atoms with Gasteiger partial charge in [0.05, 0.1) is 18.0 Å². The fraction of sp³-hybridized carbons (Fsp3) is 0.292. The minimum Gasteiger partial charge on any atom is -0.371 e. The van der Waals surface area contributed by atoms with Crippen LogP contribution in [0, 0.1) is 24.1 Å². The molecule has 0 radical (unpaired) electrons. The third-order valence-electron chi connectivity index (χ3n) is 6.07. The first-order chi connectivity index (χ1) is 15.4. The summed E-state index contributed by atoms with van der Waals surface area (Å²) in [6.45, 7) is 3.58.